The molecule has 4 heteroatoms. The summed E-state index contributed by atoms with van der Waals surface area (Å²) < 4.78 is 0. The molecule has 0 aliphatic carbocycles. The van der Waals surface area contributed by atoms with Gasteiger partial charge in [-0.25, -0.2) is 9.97 Å². The molecule has 3 rings (SSSR count). The smallest absolute Gasteiger partial charge is 0.141 e. The van der Waals surface area contributed by atoms with E-state index in [0.29, 0.717) is 0 Å². The SMILES string of the molecule is Cc1cccc(Nc2ncnc3ccccc23)c1.[Cl-]. The number of hydrogen-bond donors (Lipinski definition) is 1. The first-order valence-corrected chi connectivity index (χ1v) is 5.86. The van der Waals surface area contributed by atoms with Crippen LogP contribution in [0.1, 0.15) is 5.56 Å². The van der Waals surface area contributed by atoms with Crippen LogP contribution in [0.3, 0.4) is 0 Å². The fourth-order valence-corrected chi connectivity index (χ4v) is 1.96. The Morgan fingerprint density at radius 3 is 2.63 bits per heavy atom. The molecule has 2 aromatic carbocycles. The molecule has 0 saturated carbocycles. The maximum Gasteiger partial charge on any atom is 0.141 e. The standard InChI is InChI=1S/C15H13N3.ClH/c1-11-5-4-6-12(9-11)18-15-13-7-2-3-8-14(13)16-10-17-15;/h2-10H,1H3,(H,16,17,18);1H/p-1. The molecule has 96 valence electrons. The van der Waals surface area contributed by atoms with Gasteiger partial charge in [-0.1, -0.05) is 24.3 Å². The van der Waals surface area contributed by atoms with Gasteiger partial charge in [-0.2, -0.15) is 0 Å². The molecule has 0 bridgehead atoms. The molecule has 0 fully saturated rings. The summed E-state index contributed by atoms with van der Waals surface area (Å²) in [6.45, 7) is 2.07. The van der Waals surface area contributed by atoms with Crippen LogP contribution < -0.4 is 17.7 Å². The minimum absolute atomic E-state index is 0. The summed E-state index contributed by atoms with van der Waals surface area (Å²) in [7, 11) is 0. The zero-order chi connectivity index (χ0) is 12.4. The molecule has 0 amide bonds. The van der Waals surface area contributed by atoms with E-state index in [1.807, 2.05) is 36.4 Å². The molecular formula is C15H13ClN3-. The van der Waals surface area contributed by atoms with Gasteiger partial charge in [-0.3, -0.25) is 0 Å². The molecular weight excluding hydrogens is 258 g/mol. The number of nitrogens with one attached hydrogen (secondary N) is 1. The van der Waals surface area contributed by atoms with Gasteiger partial charge in [-0.15, -0.1) is 0 Å². The third-order valence-corrected chi connectivity index (χ3v) is 2.82. The Balaban J connectivity index is 0.00000133. The molecule has 0 unspecified atom stereocenters. The first-order chi connectivity index (χ1) is 8.83. The van der Waals surface area contributed by atoms with Crippen molar-refractivity contribution in [3.63, 3.8) is 0 Å². The highest BCUT2D eigenvalue weighted by Gasteiger charge is 2.02. The van der Waals surface area contributed by atoms with E-state index in [9.17, 15) is 0 Å². The van der Waals surface area contributed by atoms with Crippen molar-refractivity contribution in [2.45, 2.75) is 6.92 Å². The van der Waals surface area contributed by atoms with Crippen molar-refractivity contribution in [3.05, 3.63) is 60.4 Å². The Kier molecular flexibility index (Phi) is 3.97. The molecule has 3 nitrogen and oxygen atoms in total. The summed E-state index contributed by atoms with van der Waals surface area (Å²) in [5.41, 5.74) is 3.21. The van der Waals surface area contributed by atoms with Gasteiger partial charge >= 0.3 is 0 Å². The van der Waals surface area contributed by atoms with Gasteiger partial charge in [0.1, 0.15) is 12.1 Å². The lowest BCUT2D eigenvalue weighted by Gasteiger charge is -2.08. The predicted octanol–water partition coefficient (Wildman–Crippen LogP) is 0.686. The summed E-state index contributed by atoms with van der Waals surface area (Å²) in [6, 6.07) is 16.2. The average molecular weight is 271 g/mol. The molecule has 0 aliphatic heterocycles. The van der Waals surface area contributed by atoms with Crippen LogP contribution in [0.5, 0.6) is 0 Å². The van der Waals surface area contributed by atoms with E-state index in [2.05, 4.69) is 34.3 Å². The predicted molar refractivity (Wildman–Crippen MR) is 74.0 cm³/mol. The van der Waals surface area contributed by atoms with Crippen molar-refractivity contribution in [2.24, 2.45) is 0 Å². The zero-order valence-corrected chi connectivity index (χ0v) is 11.2. The van der Waals surface area contributed by atoms with Gasteiger partial charge < -0.3 is 17.7 Å². The maximum absolute atomic E-state index is 4.31. The summed E-state index contributed by atoms with van der Waals surface area (Å²) >= 11 is 0. The van der Waals surface area contributed by atoms with Gasteiger partial charge in [0.15, 0.2) is 0 Å². The van der Waals surface area contributed by atoms with Crippen LogP contribution in [0.25, 0.3) is 10.9 Å². The van der Waals surface area contributed by atoms with Gasteiger partial charge in [-0.05, 0) is 36.8 Å². The molecule has 1 N–H and O–H groups in total. The minimum atomic E-state index is 0. The topological polar surface area (TPSA) is 37.8 Å². The van der Waals surface area contributed by atoms with Crippen molar-refractivity contribution in [1.29, 1.82) is 0 Å². The zero-order valence-electron chi connectivity index (χ0n) is 10.5. The molecule has 0 aliphatic rings. The highest BCUT2D eigenvalue weighted by atomic mass is 35.5. The molecule has 1 heterocycles. The summed E-state index contributed by atoms with van der Waals surface area (Å²) in [6.07, 6.45) is 1.58. The second-order valence-electron chi connectivity index (χ2n) is 4.23. The van der Waals surface area contributed by atoms with Crippen LogP contribution in [0, 0.1) is 6.92 Å². The average Bonchev–Trinajstić information content (AvgIpc) is 2.39. The number of aromatic nitrogens is 2. The first kappa shape index (κ1) is 13.3. The minimum Gasteiger partial charge on any atom is -1.00 e. The fourth-order valence-electron chi connectivity index (χ4n) is 1.96. The molecule has 0 radical (unpaired) electrons. The maximum atomic E-state index is 4.31. The lowest BCUT2D eigenvalue weighted by atomic mass is 10.2. The van der Waals surface area contributed by atoms with Crippen molar-refractivity contribution in [2.75, 3.05) is 5.32 Å². The summed E-state index contributed by atoms with van der Waals surface area (Å²) in [5, 5.41) is 4.37. The Hall–Kier alpha value is -2.13. The number of para-hydroxylation sites is 1. The largest absolute Gasteiger partial charge is 1.00 e. The van der Waals surface area contributed by atoms with Crippen molar-refractivity contribution >= 4 is 22.4 Å². The van der Waals surface area contributed by atoms with Gasteiger partial charge in [0.25, 0.3) is 0 Å². The Labute approximate surface area is 118 Å². The van der Waals surface area contributed by atoms with Crippen molar-refractivity contribution < 1.29 is 12.4 Å². The lowest BCUT2D eigenvalue weighted by molar-refractivity contribution is -0.00000374. The second kappa shape index (κ2) is 5.67. The van der Waals surface area contributed by atoms with E-state index in [1.165, 1.54) is 5.56 Å². The van der Waals surface area contributed by atoms with Crippen molar-refractivity contribution in [1.82, 2.24) is 9.97 Å². The molecule has 0 saturated heterocycles. The van der Waals surface area contributed by atoms with E-state index in [4.69, 9.17) is 0 Å². The van der Waals surface area contributed by atoms with Crippen LogP contribution in [-0.2, 0) is 0 Å². The molecule has 1 aromatic heterocycles. The number of aryl methyl sites for hydroxylation is 1. The number of anilines is 2. The number of halogens is 1. The monoisotopic (exact) mass is 270 g/mol. The quantitative estimate of drug-likeness (QED) is 0.744. The number of hydrogen-bond acceptors (Lipinski definition) is 3. The molecule has 0 spiro atoms. The second-order valence-corrected chi connectivity index (χ2v) is 4.23. The van der Waals surface area contributed by atoms with Crippen LogP contribution >= 0.6 is 0 Å². The third-order valence-electron chi connectivity index (χ3n) is 2.82. The summed E-state index contributed by atoms with van der Waals surface area (Å²) in [5.74, 6) is 0.839. The molecule has 0 atom stereocenters. The Morgan fingerprint density at radius 1 is 0.947 bits per heavy atom. The third kappa shape index (κ3) is 2.83. The van der Waals surface area contributed by atoms with E-state index in [0.717, 1.165) is 22.4 Å². The molecule has 19 heavy (non-hydrogen) atoms. The number of fused-ring (bicyclic) bond motifs is 1. The number of benzene rings is 2. The van der Waals surface area contributed by atoms with Crippen LogP contribution in [0.15, 0.2) is 54.9 Å². The highest BCUT2D eigenvalue weighted by molar-refractivity contribution is 5.90. The summed E-state index contributed by atoms with van der Waals surface area (Å²) in [4.78, 5) is 8.56. The Morgan fingerprint density at radius 2 is 1.79 bits per heavy atom. The first-order valence-electron chi connectivity index (χ1n) is 5.86. The van der Waals surface area contributed by atoms with E-state index in [-0.39, 0.29) is 12.4 Å². The van der Waals surface area contributed by atoms with Crippen LogP contribution in [0.4, 0.5) is 11.5 Å². The number of rotatable bonds is 2. The normalized spacial score (nSPS) is 9.95. The van der Waals surface area contributed by atoms with Crippen LogP contribution in [0.2, 0.25) is 0 Å². The molecule has 3 aromatic rings. The van der Waals surface area contributed by atoms with E-state index in [1.54, 1.807) is 6.33 Å². The van der Waals surface area contributed by atoms with Crippen LogP contribution in [-0.4, -0.2) is 9.97 Å². The lowest BCUT2D eigenvalue weighted by Crippen LogP contribution is -3.00. The van der Waals surface area contributed by atoms with E-state index >= 15 is 0 Å². The van der Waals surface area contributed by atoms with Gasteiger partial charge in [0.2, 0.25) is 0 Å². The van der Waals surface area contributed by atoms with E-state index < -0.39 is 0 Å². The fraction of sp³-hybridized carbons (Fsp3) is 0.0667. The Bertz CT molecular complexity index is 692. The van der Waals surface area contributed by atoms with Gasteiger partial charge in [0.05, 0.1) is 5.52 Å². The van der Waals surface area contributed by atoms with Crippen molar-refractivity contribution in [3.8, 4) is 0 Å². The highest BCUT2D eigenvalue weighted by Crippen LogP contribution is 2.22. The van der Waals surface area contributed by atoms with Gasteiger partial charge in [0, 0.05) is 11.1 Å². The number of nitrogens with zero attached hydrogens (tertiary/aromatic N) is 2.